The molecule has 3 rings (SSSR count). The van der Waals surface area contributed by atoms with Gasteiger partial charge in [-0.15, -0.1) is 11.3 Å². The Balaban J connectivity index is 1.91. The molecule has 2 aromatic rings. The number of thiazole rings is 1. The molecule has 1 N–H and O–H groups in total. The van der Waals surface area contributed by atoms with Gasteiger partial charge in [-0.3, -0.25) is 0 Å². The Kier molecular flexibility index (Phi) is 3.17. The van der Waals surface area contributed by atoms with E-state index in [1.165, 1.54) is 0 Å². The molecule has 0 fully saturated rings. The van der Waals surface area contributed by atoms with E-state index in [4.69, 9.17) is 14.6 Å². The number of nitrogens with zero attached hydrogens (tertiary/aromatic N) is 1. The molecule has 0 unspecified atom stereocenters. The highest BCUT2D eigenvalue weighted by molar-refractivity contribution is 7.13. The zero-order chi connectivity index (χ0) is 12.4. The zero-order valence-corrected chi connectivity index (χ0v) is 10.6. The van der Waals surface area contributed by atoms with E-state index >= 15 is 0 Å². The topological polar surface area (TPSA) is 51.6 Å². The van der Waals surface area contributed by atoms with Crippen molar-refractivity contribution in [2.24, 2.45) is 0 Å². The first kappa shape index (κ1) is 11.5. The van der Waals surface area contributed by atoms with Crippen molar-refractivity contribution in [2.75, 3.05) is 19.8 Å². The molecule has 1 aliphatic rings. The third-order valence-electron chi connectivity index (χ3n) is 2.71. The summed E-state index contributed by atoms with van der Waals surface area (Å²) in [6.07, 6.45) is 0.598. The van der Waals surface area contributed by atoms with Crippen molar-refractivity contribution in [3.05, 3.63) is 29.3 Å². The van der Waals surface area contributed by atoms with Crippen molar-refractivity contribution in [2.45, 2.75) is 6.42 Å². The van der Waals surface area contributed by atoms with E-state index in [1.807, 2.05) is 23.6 Å². The SMILES string of the molecule is OCCc1csc(-c2ccc3c(c2)OCCO3)n1. The van der Waals surface area contributed by atoms with Crippen LogP contribution in [0.15, 0.2) is 23.6 Å². The minimum absolute atomic E-state index is 0.129. The Labute approximate surface area is 109 Å². The molecular formula is C13H13NO3S. The first-order valence-corrected chi connectivity index (χ1v) is 6.70. The van der Waals surface area contributed by atoms with Gasteiger partial charge in [-0.2, -0.15) is 0 Å². The number of benzene rings is 1. The van der Waals surface area contributed by atoms with Gasteiger partial charge in [0.05, 0.1) is 5.69 Å². The van der Waals surface area contributed by atoms with Crippen molar-refractivity contribution < 1.29 is 14.6 Å². The molecule has 0 aliphatic carbocycles. The number of ether oxygens (including phenoxy) is 2. The Hall–Kier alpha value is -1.59. The lowest BCUT2D eigenvalue weighted by Gasteiger charge is -2.18. The van der Waals surface area contributed by atoms with Gasteiger partial charge < -0.3 is 14.6 Å². The van der Waals surface area contributed by atoms with Gasteiger partial charge in [0.1, 0.15) is 18.2 Å². The highest BCUT2D eigenvalue weighted by atomic mass is 32.1. The summed E-state index contributed by atoms with van der Waals surface area (Å²) in [7, 11) is 0. The summed E-state index contributed by atoms with van der Waals surface area (Å²) < 4.78 is 11.0. The molecule has 0 bridgehead atoms. The molecule has 18 heavy (non-hydrogen) atoms. The van der Waals surface area contributed by atoms with Gasteiger partial charge in [0.15, 0.2) is 11.5 Å². The fourth-order valence-electron chi connectivity index (χ4n) is 1.85. The number of hydrogen-bond donors (Lipinski definition) is 1. The number of rotatable bonds is 3. The first-order chi connectivity index (χ1) is 8.86. The third-order valence-corrected chi connectivity index (χ3v) is 3.65. The summed E-state index contributed by atoms with van der Waals surface area (Å²) in [5.41, 5.74) is 1.95. The molecule has 0 amide bonds. The second-order valence-corrected chi connectivity index (χ2v) is 4.83. The summed E-state index contributed by atoms with van der Waals surface area (Å²) in [5, 5.41) is 11.8. The third kappa shape index (κ3) is 2.19. The molecule has 0 saturated heterocycles. The van der Waals surface area contributed by atoms with Crippen LogP contribution in [0.4, 0.5) is 0 Å². The van der Waals surface area contributed by atoms with Gasteiger partial charge in [-0.1, -0.05) is 0 Å². The number of aliphatic hydroxyl groups excluding tert-OH is 1. The minimum Gasteiger partial charge on any atom is -0.486 e. The van der Waals surface area contributed by atoms with Gasteiger partial charge in [-0.25, -0.2) is 4.98 Å². The molecule has 5 heteroatoms. The molecular weight excluding hydrogens is 250 g/mol. The van der Waals surface area contributed by atoms with Crippen LogP contribution in [0.1, 0.15) is 5.69 Å². The Morgan fingerprint density at radius 3 is 2.89 bits per heavy atom. The van der Waals surface area contributed by atoms with Crippen LogP contribution in [0, 0.1) is 0 Å². The van der Waals surface area contributed by atoms with Crippen molar-refractivity contribution in [3.8, 4) is 22.1 Å². The van der Waals surface area contributed by atoms with Gasteiger partial charge >= 0.3 is 0 Å². The largest absolute Gasteiger partial charge is 0.486 e. The number of aromatic nitrogens is 1. The average Bonchev–Trinajstić information content (AvgIpc) is 2.87. The van der Waals surface area contributed by atoms with Crippen molar-refractivity contribution in [1.29, 1.82) is 0 Å². The van der Waals surface area contributed by atoms with E-state index in [1.54, 1.807) is 11.3 Å². The molecule has 1 aromatic carbocycles. The fourth-order valence-corrected chi connectivity index (χ4v) is 2.70. The average molecular weight is 263 g/mol. The van der Waals surface area contributed by atoms with Crippen LogP contribution in [0.3, 0.4) is 0 Å². The van der Waals surface area contributed by atoms with Crippen LogP contribution in [-0.4, -0.2) is 29.9 Å². The molecule has 94 valence electrons. The minimum atomic E-state index is 0.129. The van der Waals surface area contributed by atoms with Gasteiger partial charge in [0.25, 0.3) is 0 Å². The summed E-state index contributed by atoms with van der Waals surface area (Å²) in [6, 6.07) is 5.85. The van der Waals surface area contributed by atoms with Crippen molar-refractivity contribution in [3.63, 3.8) is 0 Å². The Morgan fingerprint density at radius 1 is 1.22 bits per heavy atom. The molecule has 0 saturated carbocycles. The van der Waals surface area contributed by atoms with Crippen LogP contribution >= 0.6 is 11.3 Å². The van der Waals surface area contributed by atoms with Gasteiger partial charge in [0.2, 0.25) is 0 Å². The smallest absolute Gasteiger partial charge is 0.162 e. The molecule has 0 radical (unpaired) electrons. The lowest BCUT2D eigenvalue weighted by atomic mass is 10.2. The lowest BCUT2D eigenvalue weighted by molar-refractivity contribution is 0.171. The van der Waals surface area contributed by atoms with Crippen LogP contribution in [-0.2, 0) is 6.42 Å². The van der Waals surface area contributed by atoms with Crippen LogP contribution in [0.5, 0.6) is 11.5 Å². The predicted octanol–water partition coefficient (Wildman–Crippen LogP) is 2.12. The van der Waals surface area contributed by atoms with E-state index in [0.29, 0.717) is 19.6 Å². The Morgan fingerprint density at radius 2 is 2.06 bits per heavy atom. The van der Waals surface area contributed by atoms with Crippen molar-refractivity contribution >= 4 is 11.3 Å². The number of hydrogen-bond acceptors (Lipinski definition) is 5. The van der Waals surface area contributed by atoms with E-state index < -0.39 is 0 Å². The monoisotopic (exact) mass is 263 g/mol. The van der Waals surface area contributed by atoms with E-state index in [9.17, 15) is 0 Å². The summed E-state index contributed by atoms with van der Waals surface area (Å²) in [5.74, 6) is 1.56. The highest BCUT2D eigenvalue weighted by Gasteiger charge is 2.13. The standard InChI is InChI=1S/C13H13NO3S/c15-4-3-10-8-18-13(14-10)9-1-2-11-12(7-9)17-6-5-16-11/h1-2,7-8,15H,3-6H2. The van der Waals surface area contributed by atoms with Gasteiger partial charge in [0, 0.05) is 24.0 Å². The molecule has 0 spiro atoms. The normalized spacial score (nSPS) is 13.6. The summed E-state index contributed by atoms with van der Waals surface area (Å²) in [4.78, 5) is 4.48. The van der Waals surface area contributed by atoms with Crippen molar-refractivity contribution in [1.82, 2.24) is 4.98 Å². The second kappa shape index (κ2) is 4.96. The molecule has 4 nitrogen and oxygen atoms in total. The van der Waals surface area contributed by atoms with Crippen LogP contribution in [0.2, 0.25) is 0 Å². The van der Waals surface area contributed by atoms with E-state index in [2.05, 4.69) is 4.98 Å². The van der Waals surface area contributed by atoms with Gasteiger partial charge in [-0.05, 0) is 18.2 Å². The zero-order valence-electron chi connectivity index (χ0n) is 9.76. The fraction of sp³-hybridized carbons (Fsp3) is 0.308. The molecule has 1 aromatic heterocycles. The summed E-state index contributed by atoms with van der Waals surface area (Å²) in [6.45, 7) is 1.32. The van der Waals surface area contributed by atoms with Crippen LogP contribution in [0.25, 0.3) is 10.6 Å². The second-order valence-electron chi connectivity index (χ2n) is 3.98. The molecule has 1 aliphatic heterocycles. The van der Waals surface area contributed by atoms with E-state index in [-0.39, 0.29) is 6.61 Å². The first-order valence-electron chi connectivity index (χ1n) is 5.82. The molecule has 0 atom stereocenters. The number of aliphatic hydroxyl groups is 1. The molecule has 2 heterocycles. The maximum atomic E-state index is 8.89. The van der Waals surface area contributed by atoms with Crippen LogP contribution < -0.4 is 9.47 Å². The maximum Gasteiger partial charge on any atom is 0.162 e. The quantitative estimate of drug-likeness (QED) is 0.921. The summed E-state index contributed by atoms with van der Waals surface area (Å²) >= 11 is 1.57. The maximum absolute atomic E-state index is 8.89. The predicted molar refractivity (Wildman–Crippen MR) is 69.3 cm³/mol. The lowest BCUT2D eigenvalue weighted by Crippen LogP contribution is -2.15. The van der Waals surface area contributed by atoms with E-state index in [0.717, 1.165) is 27.8 Å². The Bertz CT molecular complexity index is 553. The highest BCUT2D eigenvalue weighted by Crippen LogP contribution is 2.35. The number of fused-ring (bicyclic) bond motifs is 1.